The molecule has 0 atom stereocenters. The molecule has 1 saturated heterocycles. The number of fused-ring (bicyclic) bond motifs is 1. The molecule has 6 heteroatoms. The second kappa shape index (κ2) is 10.8. The average molecular weight is 441 g/mol. The van der Waals surface area contributed by atoms with Gasteiger partial charge in [-0.25, -0.2) is 0 Å². The van der Waals surface area contributed by atoms with Gasteiger partial charge in [-0.05, 0) is 47.0 Å². The van der Waals surface area contributed by atoms with Crippen LogP contribution in [0.4, 0.5) is 0 Å². The summed E-state index contributed by atoms with van der Waals surface area (Å²) in [6.07, 6.45) is 1.22. The molecule has 6 nitrogen and oxygen atoms in total. The lowest BCUT2D eigenvalue weighted by Crippen LogP contribution is -2.37. The minimum atomic E-state index is -0.155. The summed E-state index contributed by atoms with van der Waals surface area (Å²) in [7, 11) is 0. The molecule has 3 aromatic carbocycles. The van der Waals surface area contributed by atoms with Gasteiger partial charge < -0.3 is 10.2 Å². The lowest BCUT2D eigenvalue weighted by molar-refractivity contribution is -0.130. The van der Waals surface area contributed by atoms with Gasteiger partial charge in [0, 0.05) is 51.3 Å². The number of amides is 2. The topological polar surface area (TPSA) is 76.4 Å². The number of rotatable bonds is 6. The van der Waals surface area contributed by atoms with Gasteiger partial charge in [-0.2, -0.15) is 5.26 Å². The van der Waals surface area contributed by atoms with Gasteiger partial charge in [0.2, 0.25) is 5.91 Å². The Hall–Kier alpha value is -3.69. The Morgan fingerprint density at radius 3 is 2.48 bits per heavy atom. The molecule has 0 bridgehead atoms. The van der Waals surface area contributed by atoms with Crippen LogP contribution in [0.5, 0.6) is 0 Å². The van der Waals surface area contributed by atoms with E-state index in [0.717, 1.165) is 43.4 Å². The van der Waals surface area contributed by atoms with Gasteiger partial charge in [-0.3, -0.25) is 14.5 Å². The third kappa shape index (κ3) is 5.97. The molecule has 0 unspecified atom stereocenters. The number of carbonyl (C=O) groups excluding carboxylic acids is 2. The molecule has 1 aliphatic heterocycles. The first kappa shape index (κ1) is 22.5. The fourth-order valence-electron chi connectivity index (χ4n) is 4.20. The van der Waals surface area contributed by atoms with Gasteiger partial charge in [0.25, 0.3) is 5.91 Å². The summed E-state index contributed by atoms with van der Waals surface area (Å²) in [6.45, 7) is 4.32. The van der Waals surface area contributed by atoms with Crippen LogP contribution in [0.1, 0.15) is 34.3 Å². The van der Waals surface area contributed by atoms with E-state index in [2.05, 4.69) is 16.3 Å². The van der Waals surface area contributed by atoms with Crippen LogP contribution < -0.4 is 5.32 Å². The molecule has 2 amide bonds. The van der Waals surface area contributed by atoms with Crippen LogP contribution in [0.25, 0.3) is 10.8 Å². The van der Waals surface area contributed by atoms with Crippen LogP contribution >= 0.6 is 0 Å². The molecule has 0 aromatic heterocycles. The molecule has 1 heterocycles. The van der Waals surface area contributed by atoms with E-state index in [-0.39, 0.29) is 11.8 Å². The van der Waals surface area contributed by atoms with Crippen molar-refractivity contribution in [1.82, 2.24) is 15.1 Å². The smallest absolute Gasteiger partial charge is 0.251 e. The highest BCUT2D eigenvalue weighted by molar-refractivity contribution is 5.98. The maximum absolute atomic E-state index is 12.7. The van der Waals surface area contributed by atoms with E-state index in [9.17, 15) is 9.59 Å². The van der Waals surface area contributed by atoms with Crippen molar-refractivity contribution in [1.29, 1.82) is 5.26 Å². The summed E-state index contributed by atoms with van der Waals surface area (Å²) in [5.41, 5.74) is 2.44. The number of nitriles is 1. The Balaban J connectivity index is 1.23. The molecule has 1 aliphatic rings. The number of nitrogens with zero attached hydrogens (tertiary/aromatic N) is 3. The highest BCUT2D eigenvalue weighted by Gasteiger charge is 2.19. The largest absolute Gasteiger partial charge is 0.352 e. The Morgan fingerprint density at radius 2 is 1.70 bits per heavy atom. The van der Waals surface area contributed by atoms with Crippen molar-refractivity contribution in [2.45, 2.75) is 19.4 Å². The number of benzene rings is 3. The van der Waals surface area contributed by atoms with E-state index >= 15 is 0 Å². The molecule has 0 radical (unpaired) electrons. The van der Waals surface area contributed by atoms with Crippen LogP contribution in [0.15, 0.2) is 66.7 Å². The van der Waals surface area contributed by atoms with E-state index in [1.165, 1.54) is 5.56 Å². The van der Waals surface area contributed by atoms with Gasteiger partial charge in [0.15, 0.2) is 0 Å². The quantitative estimate of drug-likeness (QED) is 0.636. The van der Waals surface area contributed by atoms with Crippen LogP contribution in [-0.4, -0.2) is 54.3 Å². The van der Waals surface area contributed by atoms with Gasteiger partial charge >= 0.3 is 0 Å². The predicted molar refractivity (Wildman–Crippen MR) is 129 cm³/mol. The van der Waals surface area contributed by atoms with Crippen molar-refractivity contribution >= 4 is 22.6 Å². The van der Waals surface area contributed by atoms with Crippen LogP contribution in [0, 0.1) is 11.3 Å². The first-order valence-electron chi connectivity index (χ1n) is 11.4. The number of carbonyl (C=O) groups is 2. The summed E-state index contributed by atoms with van der Waals surface area (Å²) in [4.78, 5) is 29.4. The minimum absolute atomic E-state index is 0.0778. The van der Waals surface area contributed by atoms with Crippen LogP contribution in [0.2, 0.25) is 0 Å². The molecule has 0 spiro atoms. The first-order chi connectivity index (χ1) is 16.1. The van der Waals surface area contributed by atoms with Gasteiger partial charge in [-0.15, -0.1) is 0 Å². The zero-order chi connectivity index (χ0) is 23.0. The number of hydrogen-bond donors (Lipinski definition) is 1. The van der Waals surface area contributed by atoms with Crippen molar-refractivity contribution in [3.63, 3.8) is 0 Å². The molecule has 3 aromatic rings. The second-order valence-electron chi connectivity index (χ2n) is 8.39. The number of nitrogens with one attached hydrogen (secondary N) is 1. The highest BCUT2D eigenvalue weighted by atomic mass is 16.2. The van der Waals surface area contributed by atoms with E-state index in [1.54, 1.807) is 0 Å². The Bertz CT molecular complexity index is 1170. The average Bonchev–Trinajstić information content (AvgIpc) is 3.09. The lowest BCUT2D eigenvalue weighted by atomic mass is 10.1. The monoisotopic (exact) mass is 440 g/mol. The predicted octanol–water partition coefficient (Wildman–Crippen LogP) is 3.57. The fraction of sp³-hybridized carbons (Fsp3) is 0.296. The van der Waals surface area contributed by atoms with Crippen LogP contribution in [0.3, 0.4) is 0 Å². The second-order valence-corrected chi connectivity index (χ2v) is 8.39. The molecule has 1 N–H and O–H groups in total. The Morgan fingerprint density at radius 1 is 0.909 bits per heavy atom. The summed E-state index contributed by atoms with van der Waals surface area (Å²) in [5.74, 6) is -0.0768. The van der Waals surface area contributed by atoms with Crippen molar-refractivity contribution in [3.8, 4) is 6.07 Å². The summed E-state index contributed by atoms with van der Waals surface area (Å²) >= 11 is 0. The Labute approximate surface area is 194 Å². The van der Waals surface area contributed by atoms with E-state index in [0.29, 0.717) is 30.6 Å². The Kier molecular flexibility index (Phi) is 7.33. The van der Waals surface area contributed by atoms with E-state index in [4.69, 9.17) is 5.26 Å². The van der Waals surface area contributed by atoms with Crippen LogP contribution in [-0.2, 0) is 11.3 Å². The maximum Gasteiger partial charge on any atom is 0.251 e. The summed E-state index contributed by atoms with van der Waals surface area (Å²) < 4.78 is 0. The zero-order valence-corrected chi connectivity index (χ0v) is 18.7. The summed E-state index contributed by atoms with van der Waals surface area (Å²) in [6, 6.07) is 23.4. The molecule has 0 aliphatic carbocycles. The van der Waals surface area contributed by atoms with E-state index < -0.39 is 0 Å². The van der Waals surface area contributed by atoms with Crippen molar-refractivity contribution < 1.29 is 9.59 Å². The molecule has 4 rings (SSSR count). The molecule has 33 heavy (non-hydrogen) atoms. The lowest BCUT2D eigenvalue weighted by Gasteiger charge is -2.22. The third-order valence-electron chi connectivity index (χ3n) is 6.07. The highest BCUT2D eigenvalue weighted by Crippen LogP contribution is 2.16. The SMILES string of the molecule is N#Cc1ccc(CN2CCCN(C(=O)CCNC(=O)c3ccc4ccccc4c3)CC2)cc1. The summed E-state index contributed by atoms with van der Waals surface area (Å²) in [5, 5.41) is 13.9. The fourth-order valence-corrected chi connectivity index (χ4v) is 4.20. The van der Waals surface area contributed by atoms with Gasteiger partial charge in [-0.1, -0.05) is 42.5 Å². The molecule has 0 saturated carbocycles. The first-order valence-corrected chi connectivity index (χ1v) is 11.4. The van der Waals surface area contributed by atoms with Crippen molar-refractivity contribution in [3.05, 3.63) is 83.4 Å². The minimum Gasteiger partial charge on any atom is -0.352 e. The normalized spacial score (nSPS) is 14.5. The molecular formula is C27H28N4O2. The van der Waals surface area contributed by atoms with Gasteiger partial charge in [0.05, 0.1) is 11.6 Å². The van der Waals surface area contributed by atoms with E-state index in [1.807, 2.05) is 71.6 Å². The zero-order valence-electron chi connectivity index (χ0n) is 18.7. The standard InChI is InChI=1S/C27H28N4O2/c28-19-21-6-8-22(9-7-21)20-30-14-3-15-31(17-16-30)26(32)12-13-29-27(33)25-11-10-23-4-1-2-5-24(23)18-25/h1-2,4-11,18H,3,12-17,20H2,(H,29,33). The molecular weight excluding hydrogens is 412 g/mol. The molecule has 168 valence electrons. The van der Waals surface area contributed by atoms with Gasteiger partial charge in [0.1, 0.15) is 0 Å². The van der Waals surface area contributed by atoms with Crippen molar-refractivity contribution in [2.24, 2.45) is 0 Å². The van der Waals surface area contributed by atoms with Crippen molar-refractivity contribution in [2.75, 3.05) is 32.7 Å². The maximum atomic E-state index is 12.7. The molecule has 1 fully saturated rings. The number of hydrogen-bond acceptors (Lipinski definition) is 4. The third-order valence-corrected chi connectivity index (χ3v) is 6.07.